The highest BCUT2D eigenvalue weighted by Crippen LogP contribution is 2.24. The molecule has 0 heterocycles. The lowest BCUT2D eigenvalue weighted by Gasteiger charge is -2.30. The number of methoxy groups -OCH3 is 1. The van der Waals surface area contributed by atoms with E-state index in [-0.39, 0.29) is 6.04 Å². The van der Waals surface area contributed by atoms with Gasteiger partial charge in [0.05, 0.1) is 13.2 Å². The second kappa shape index (κ2) is 5.36. The van der Waals surface area contributed by atoms with Crippen LogP contribution in [0.5, 0.6) is 0 Å². The van der Waals surface area contributed by atoms with Gasteiger partial charge in [-0.2, -0.15) is 0 Å². The summed E-state index contributed by atoms with van der Waals surface area (Å²) in [5.74, 6) is 0. The smallest absolute Gasteiger partial charge is 0.414 e. The van der Waals surface area contributed by atoms with Gasteiger partial charge in [0, 0.05) is 5.69 Å². The first kappa shape index (κ1) is 12.2. The topological polar surface area (TPSA) is 29.5 Å². The van der Waals surface area contributed by atoms with Gasteiger partial charge in [-0.1, -0.05) is 49.1 Å². The quantitative estimate of drug-likeness (QED) is 0.795. The van der Waals surface area contributed by atoms with Gasteiger partial charge in [-0.3, -0.25) is 4.90 Å². The van der Waals surface area contributed by atoms with Crippen molar-refractivity contribution in [2.45, 2.75) is 6.04 Å². The molecule has 0 spiro atoms. The van der Waals surface area contributed by atoms with E-state index >= 15 is 0 Å². The molecule has 0 saturated heterocycles. The summed E-state index contributed by atoms with van der Waals surface area (Å²) in [6, 6.07) is 9.22. The van der Waals surface area contributed by atoms with Crippen molar-refractivity contribution in [2.75, 3.05) is 12.0 Å². The highest BCUT2D eigenvalue weighted by molar-refractivity contribution is 5.89. The molecule has 1 aliphatic carbocycles. The maximum absolute atomic E-state index is 12.0. The standard InChI is InChI=1S/C15H15NO2/c1-12-8-6-7-11-14(12)16(15(17)18-2)13-9-4-3-5-10-13/h3-11,14H,1H2,2H3. The number of hydrogen-bond donors (Lipinski definition) is 0. The van der Waals surface area contributed by atoms with E-state index in [4.69, 9.17) is 4.74 Å². The minimum atomic E-state index is -0.396. The molecule has 92 valence electrons. The number of ether oxygens (including phenoxy) is 1. The van der Waals surface area contributed by atoms with Gasteiger partial charge < -0.3 is 4.74 Å². The second-order valence-electron chi connectivity index (χ2n) is 3.94. The van der Waals surface area contributed by atoms with Crippen LogP contribution in [0.1, 0.15) is 0 Å². The molecular weight excluding hydrogens is 226 g/mol. The summed E-state index contributed by atoms with van der Waals surface area (Å²) in [7, 11) is 1.38. The van der Waals surface area contributed by atoms with Crippen LogP contribution in [0.3, 0.4) is 0 Å². The average Bonchev–Trinajstić information content (AvgIpc) is 2.42. The predicted molar refractivity (Wildman–Crippen MR) is 72.5 cm³/mol. The van der Waals surface area contributed by atoms with Gasteiger partial charge in [-0.25, -0.2) is 4.79 Å². The van der Waals surface area contributed by atoms with Gasteiger partial charge in [-0.15, -0.1) is 0 Å². The van der Waals surface area contributed by atoms with E-state index in [2.05, 4.69) is 6.58 Å². The lowest BCUT2D eigenvalue weighted by Crippen LogP contribution is -2.40. The van der Waals surface area contributed by atoms with Crippen molar-refractivity contribution in [2.24, 2.45) is 0 Å². The van der Waals surface area contributed by atoms with E-state index in [0.29, 0.717) is 0 Å². The Hall–Kier alpha value is -2.29. The molecule has 1 amide bonds. The number of allylic oxidation sites excluding steroid dienone is 2. The molecule has 0 radical (unpaired) electrons. The molecule has 18 heavy (non-hydrogen) atoms. The molecule has 0 aromatic heterocycles. The van der Waals surface area contributed by atoms with Crippen LogP contribution in [0.15, 0.2) is 66.8 Å². The van der Waals surface area contributed by atoms with Gasteiger partial charge in [0.2, 0.25) is 0 Å². The summed E-state index contributed by atoms with van der Waals surface area (Å²) in [4.78, 5) is 13.5. The largest absolute Gasteiger partial charge is 0.452 e. The SMILES string of the molecule is C=C1C=CC=CC1N(C(=O)OC)c1ccccc1. The van der Waals surface area contributed by atoms with E-state index in [9.17, 15) is 4.79 Å². The van der Waals surface area contributed by atoms with Crippen LogP contribution in [-0.4, -0.2) is 19.2 Å². The molecule has 2 rings (SSSR count). The van der Waals surface area contributed by atoms with Crippen molar-refractivity contribution in [1.29, 1.82) is 0 Å². The van der Waals surface area contributed by atoms with E-state index in [1.807, 2.05) is 54.6 Å². The number of benzene rings is 1. The van der Waals surface area contributed by atoms with Gasteiger partial charge in [0.15, 0.2) is 0 Å². The Balaban J connectivity index is 2.38. The fraction of sp³-hybridized carbons (Fsp3) is 0.133. The molecule has 3 nitrogen and oxygen atoms in total. The third kappa shape index (κ3) is 2.35. The van der Waals surface area contributed by atoms with Crippen LogP contribution in [-0.2, 0) is 4.74 Å². The van der Waals surface area contributed by atoms with Gasteiger partial charge >= 0.3 is 6.09 Å². The fourth-order valence-corrected chi connectivity index (χ4v) is 1.89. The Morgan fingerprint density at radius 1 is 1.28 bits per heavy atom. The summed E-state index contributed by atoms with van der Waals surface area (Å²) in [5, 5.41) is 0. The molecule has 0 fully saturated rings. The van der Waals surface area contributed by atoms with Gasteiger partial charge in [-0.05, 0) is 17.7 Å². The molecule has 0 N–H and O–H groups in total. The Bertz CT molecular complexity index is 502. The summed E-state index contributed by atoms with van der Waals surface area (Å²) in [6.45, 7) is 3.97. The Morgan fingerprint density at radius 3 is 2.61 bits per heavy atom. The van der Waals surface area contributed by atoms with E-state index in [0.717, 1.165) is 11.3 Å². The number of nitrogens with zero attached hydrogens (tertiary/aromatic N) is 1. The first-order valence-corrected chi connectivity index (χ1v) is 5.70. The first-order chi connectivity index (χ1) is 8.74. The number of carbonyl (C=O) groups is 1. The molecule has 3 heteroatoms. The maximum Gasteiger partial charge on any atom is 0.414 e. The zero-order valence-corrected chi connectivity index (χ0v) is 10.2. The van der Waals surface area contributed by atoms with Crippen molar-refractivity contribution in [3.63, 3.8) is 0 Å². The van der Waals surface area contributed by atoms with E-state index in [1.54, 1.807) is 4.90 Å². The second-order valence-corrected chi connectivity index (χ2v) is 3.94. The van der Waals surface area contributed by atoms with Crippen molar-refractivity contribution >= 4 is 11.8 Å². The van der Waals surface area contributed by atoms with Crippen molar-refractivity contribution in [1.82, 2.24) is 0 Å². The molecule has 0 aliphatic heterocycles. The number of hydrogen-bond acceptors (Lipinski definition) is 2. The van der Waals surface area contributed by atoms with Crippen LogP contribution in [0.25, 0.3) is 0 Å². The third-order valence-corrected chi connectivity index (χ3v) is 2.78. The highest BCUT2D eigenvalue weighted by atomic mass is 16.5. The third-order valence-electron chi connectivity index (χ3n) is 2.78. The zero-order chi connectivity index (χ0) is 13.0. The molecular formula is C15H15NO2. The number of para-hydroxylation sites is 1. The summed E-state index contributed by atoms with van der Waals surface area (Å²) in [6.07, 6.45) is 7.22. The van der Waals surface area contributed by atoms with Crippen LogP contribution < -0.4 is 4.90 Å². The predicted octanol–water partition coefficient (Wildman–Crippen LogP) is 3.31. The van der Waals surface area contributed by atoms with Crippen LogP contribution in [0.2, 0.25) is 0 Å². The first-order valence-electron chi connectivity index (χ1n) is 5.70. The molecule has 1 aliphatic rings. The minimum absolute atomic E-state index is 0.204. The number of rotatable bonds is 2. The molecule has 1 aromatic carbocycles. The van der Waals surface area contributed by atoms with Crippen LogP contribution in [0, 0.1) is 0 Å². The van der Waals surface area contributed by atoms with Gasteiger partial charge in [0.25, 0.3) is 0 Å². The highest BCUT2D eigenvalue weighted by Gasteiger charge is 2.26. The number of anilines is 1. The van der Waals surface area contributed by atoms with Crippen LogP contribution in [0.4, 0.5) is 10.5 Å². The molecule has 1 aromatic rings. The van der Waals surface area contributed by atoms with Crippen LogP contribution >= 0.6 is 0 Å². The van der Waals surface area contributed by atoms with Crippen molar-refractivity contribution in [3.05, 3.63) is 66.8 Å². The monoisotopic (exact) mass is 241 g/mol. The van der Waals surface area contributed by atoms with Crippen molar-refractivity contribution in [3.8, 4) is 0 Å². The van der Waals surface area contributed by atoms with Gasteiger partial charge in [0.1, 0.15) is 0 Å². The zero-order valence-electron chi connectivity index (χ0n) is 10.2. The van der Waals surface area contributed by atoms with Crippen molar-refractivity contribution < 1.29 is 9.53 Å². The average molecular weight is 241 g/mol. The molecule has 0 bridgehead atoms. The van der Waals surface area contributed by atoms with E-state index < -0.39 is 6.09 Å². The number of amides is 1. The molecule has 0 saturated carbocycles. The lowest BCUT2D eigenvalue weighted by molar-refractivity contribution is 0.178. The van der Waals surface area contributed by atoms with E-state index in [1.165, 1.54) is 7.11 Å². The molecule has 1 atom stereocenters. The minimum Gasteiger partial charge on any atom is -0.452 e. The Morgan fingerprint density at radius 2 is 2.00 bits per heavy atom. The normalized spacial score (nSPS) is 17.6. The lowest BCUT2D eigenvalue weighted by atomic mass is 10.0. The maximum atomic E-state index is 12.0. The number of carbonyl (C=O) groups excluding carboxylic acids is 1. The fourth-order valence-electron chi connectivity index (χ4n) is 1.89. The summed E-state index contributed by atoms with van der Waals surface area (Å²) in [5.41, 5.74) is 1.64. The molecule has 1 unspecified atom stereocenters. The summed E-state index contributed by atoms with van der Waals surface area (Å²) < 4.78 is 4.86. The summed E-state index contributed by atoms with van der Waals surface area (Å²) >= 11 is 0. The Kier molecular flexibility index (Phi) is 3.63. The Labute approximate surface area is 107 Å².